The van der Waals surface area contributed by atoms with Crippen LogP contribution in [0.5, 0.6) is 0 Å². The first-order chi connectivity index (χ1) is 10.8. The van der Waals surface area contributed by atoms with Crippen molar-refractivity contribution in [2.75, 3.05) is 0 Å². The van der Waals surface area contributed by atoms with Crippen LogP contribution in [0.3, 0.4) is 0 Å². The Morgan fingerprint density at radius 1 is 0.455 bits per heavy atom. The van der Waals surface area contributed by atoms with Crippen LogP contribution < -0.4 is 0 Å². The molecule has 0 N–H and O–H groups in total. The molecule has 0 aliphatic carbocycles. The van der Waals surface area contributed by atoms with Gasteiger partial charge in [0.2, 0.25) is 0 Å². The molecule has 1 radical (unpaired) electrons. The van der Waals surface area contributed by atoms with E-state index < -0.39 is 0 Å². The number of hydrogen-bond donors (Lipinski definition) is 0. The second-order valence-corrected chi connectivity index (χ2v) is 7.34. The fourth-order valence-electron chi connectivity index (χ4n) is 3.55. The molecule has 22 heavy (non-hydrogen) atoms. The molecule has 0 amide bonds. The first-order valence-corrected chi connectivity index (χ1v) is 10.6. The molecule has 0 aromatic heterocycles. The maximum atomic E-state index is 2.78. The second kappa shape index (κ2) is 17.4. The van der Waals surface area contributed by atoms with E-state index in [-0.39, 0.29) is 0 Å². The largest absolute Gasteiger partial charge is 0.0654 e. The van der Waals surface area contributed by atoms with Gasteiger partial charge >= 0.3 is 0 Å². The third-order valence-corrected chi connectivity index (χ3v) is 4.99. The average Bonchev–Trinajstić information content (AvgIpc) is 2.53. The summed E-state index contributed by atoms with van der Waals surface area (Å²) in [4.78, 5) is 0. The standard InChI is InChI=1S/C22H45/c1-5-9-12-13-14-15-19-22(18-11-7-3)20-21(16-8-4)17-10-6-2/h20-22H,5-19H2,1-4H3. The van der Waals surface area contributed by atoms with Crippen LogP contribution in [0.25, 0.3) is 0 Å². The smallest absolute Gasteiger partial charge is 0.0324 e. The summed E-state index contributed by atoms with van der Waals surface area (Å²) in [6, 6.07) is 0. The van der Waals surface area contributed by atoms with Crippen molar-refractivity contribution in [2.45, 2.75) is 124 Å². The summed E-state index contributed by atoms with van der Waals surface area (Å²) in [5.41, 5.74) is 0. The maximum Gasteiger partial charge on any atom is -0.0324 e. The maximum absolute atomic E-state index is 2.78. The van der Waals surface area contributed by atoms with E-state index in [1.165, 1.54) is 96.3 Å². The summed E-state index contributed by atoms with van der Waals surface area (Å²) >= 11 is 0. The Balaban J connectivity index is 4.05. The lowest BCUT2D eigenvalue weighted by atomic mass is 9.82. The zero-order valence-electron chi connectivity index (χ0n) is 16.3. The van der Waals surface area contributed by atoms with Crippen LogP contribution in [-0.4, -0.2) is 0 Å². The van der Waals surface area contributed by atoms with Crippen molar-refractivity contribution in [3.05, 3.63) is 6.42 Å². The molecule has 0 nitrogen and oxygen atoms in total. The predicted octanol–water partition coefficient (Wildman–Crippen LogP) is 8.35. The molecule has 0 bridgehead atoms. The van der Waals surface area contributed by atoms with Gasteiger partial charge in [-0.2, -0.15) is 0 Å². The van der Waals surface area contributed by atoms with Gasteiger partial charge in [0.1, 0.15) is 0 Å². The Kier molecular flexibility index (Phi) is 17.4. The third-order valence-electron chi connectivity index (χ3n) is 4.99. The highest BCUT2D eigenvalue weighted by atomic mass is 14.2. The highest BCUT2D eigenvalue weighted by Gasteiger charge is 2.15. The molecule has 0 aromatic carbocycles. The van der Waals surface area contributed by atoms with Crippen molar-refractivity contribution in [3.63, 3.8) is 0 Å². The molecule has 0 heterocycles. The summed E-state index contributed by atoms with van der Waals surface area (Å²) in [5, 5.41) is 0. The number of rotatable bonds is 17. The molecular weight excluding hydrogens is 264 g/mol. The molecule has 0 aliphatic heterocycles. The molecule has 0 spiro atoms. The Labute approximate surface area is 142 Å². The van der Waals surface area contributed by atoms with Crippen LogP contribution in [0.15, 0.2) is 0 Å². The fraction of sp³-hybridized carbons (Fsp3) is 0.955. The van der Waals surface area contributed by atoms with E-state index in [1.807, 2.05) is 0 Å². The van der Waals surface area contributed by atoms with Gasteiger partial charge < -0.3 is 0 Å². The molecule has 0 heteroatoms. The minimum atomic E-state index is 0.895. The first kappa shape index (κ1) is 22.0. The van der Waals surface area contributed by atoms with Crippen molar-refractivity contribution in [1.82, 2.24) is 0 Å². The van der Waals surface area contributed by atoms with E-state index in [0.29, 0.717) is 0 Å². The van der Waals surface area contributed by atoms with E-state index in [1.54, 1.807) is 0 Å². The van der Waals surface area contributed by atoms with E-state index in [2.05, 4.69) is 34.1 Å². The van der Waals surface area contributed by atoms with E-state index in [0.717, 1.165) is 11.8 Å². The Bertz CT molecular complexity index is 196. The normalized spacial score (nSPS) is 14.2. The Morgan fingerprint density at radius 2 is 0.909 bits per heavy atom. The third kappa shape index (κ3) is 13.6. The van der Waals surface area contributed by atoms with Gasteiger partial charge in [0.05, 0.1) is 0 Å². The summed E-state index contributed by atoms with van der Waals surface area (Å²) in [6.07, 6.45) is 24.1. The molecule has 0 aliphatic rings. The number of hydrogen-bond acceptors (Lipinski definition) is 0. The lowest BCUT2D eigenvalue weighted by Gasteiger charge is -2.23. The Morgan fingerprint density at radius 3 is 1.45 bits per heavy atom. The van der Waals surface area contributed by atoms with E-state index >= 15 is 0 Å². The minimum Gasteiger partial charge on any atom is -0.0654 e. The van der Waals surface area contributed by atoms with Crippen LogP contribution in [-0.2, 0) is 0 Å². The van der Waals surface area contributed by atoms with E-state index in [9.17, 15) is 0 Å². The van der Waals surface area contributed by atoms with Gasteiger partial charge in [0.15, 0.2) is 0 Å². The summed E-state index contributed by atoms with van der Waals surface area (Å²) in [5.74, 6) is 1.80. The summed E-state index contributed by atoms with van der Waals surface area (Å²) in [7, 11) is 0. The van der Waals surface area contributed by atoms with Crippen molar-refractivity contribution < 1.29 is 0 Å². The molecule has 0 aromatic rings. The van der Waals surface area contributed by atoms with Gasteiger partial charge in [-0.15, -0.1) is 0 Å². The topological polar surface area (TPSA) is 0 Å². The minimum absolute atomic E-state index is 0.895. The monoisotopic (exact) mass is 309 g/mol. The van der Waals surface area contributed by atoms with Crippen LogP contribution in [0.1, 0.15) is 124 Å². The van der Waals surface area contributed by atoms with Crippen LogP contribution >= 0.6 is 0 Å². The highest BCUT2D eigenvalue weighted by molar-refractivity contribution is 4.83. The van der Waals surface area contributed by atoms with Gasteiger partial charge in [0, 0.05) is 0 Å². The fourth-order valence-corrected chi connectivity index (χ4v) is 3.55. The van der Waals surface area contributed by atoms with Crippen molar-refractivity contribution in [1.29, 1.82) is 0 Å². The molecule has 0 saturated heterocycles. The molecule has 2 atom stereocenters. The van der Waals surface area contributed by atoms with Crippen LogP contribution in [0, 0.1) is 18.3 Å². The molecule has 0 fully saturated rings. The van der Waals surface area contributed by atoms with Crippen molar-refractivity contribution in [2.24, 2.45) is 11.8 Å². The average molecular weight is 310 g/mol. The second-order valence-electron chi connectivity index (χ2n) is 7.34. The number of unbranched alkanes of at least 4 members (excludes halogenated alkanes) is 7. The SMILES string of the molecule is CCCCCCCCC([CH]C(CCC)CCCC)CCCC. The van der Waals surface area contributed by atoms with Crippen molar-refractivity contribution >= 4 is 0 Å². The lowest BCUT2D eigenvalue weighted by Crippen LogP contribution is -2.11. The molecule has 2 unspecified atom stereocenters. The summed E-state index contributed by atoms with van der Waals surface area (Å²) < 4.78 is 0. The van der Waals surface area contributed by atoms with Crippen LogP contribution in [0.4, 0.5) is 0 Å². The van der Waals surface area contributed by atoms with E-state index in [4.69, 9.17) is 0 Å². The lowest BCUT2D eigenvalue weighted by molar-refractivity contribution is 0.377. The zero-order valence-corrected chi connectivity index (χ0v) is 16.3. The van der Waals surface area contributed by atoms with Gasteiger partial charge in [0.25, 0.3) is 0 Å². The van der Waals surface area contributed by atoms with Crippen molar-refractivity contribution in [3.8, 4) is 0 Å². The first-order valence-electron chi connectivity index (χ1n) is 10.6. The Hall–Kier alpha value is 0. The quantitative estimate of drug-likeness (QED) is 0.237. The van der Waals surface area contributed by atoms with Gasteiger partial charge in [-0.25, -0.2) is 0 Å². The summed E-state index contributed by atoms with van der Waals surface area (Å²) in [6.45, 7) is 9.32. The van der Waals surface area contributed by atoms with Gasteiger partial charge in [-0.3, -0.25) is 0 Å². The molecular formula is C22H45. The molecule has 0 saturated carbocycles. The van der Waals surface area contributed by atoms with Gasteiger partial charge in [-0.1, -0.05) is 124 Å². The zero-order chi connectivity index (χ0) is 16.5. The van der Waals surface area contributed by atoms with Gasteiger partial charge in [-0.05, 0) is 18.3 Å². The predicted molar refractivity (Wildman–Crippen MR) is 103 cm³/mol. The molecule has 133 valence electrons. The van der Waals surface area contributed by atoms with Crippen LogP contribution in [0.2, 0.25) is 0 Å². The highest BCUT2D eigenvalue weighted by Crippen LogP contribution is 2.28. The molecule has 0 rings (SSSR count).